The quantitative estimate of drug-likeness (QED) is 0.225. The molecule has 37 heavy (non-hydrogen) atoms. The van der Waals surface area contributed by atoms with Gasteiger partial charge in [-0.1, -0.05) is 121 Å². The molecule has 2 aromatic heterocycles. The number of aromatic nitrogens is 1. The van der Waals surface area contributed by atoms with E-state index in [2.05, 4.69) is 54.6 Å². The van der Waals surface area contributed by atoms with Crippen LogP contribution in [0, 0.1) is 0 Å². The minimum atomic E-state index is -3.02. The maximum absolute atomic E-state index is 14.8. The number of para-hydroxylation sites is 1. The molecule has 0 aliphatic rings. The summed E-state index contributed by atoms with van der Waals surface area (Å²) in [6, 6.07) is 44.7. The van der Waals surface area contributed by atoms with Gasteiger partial charge in [0.1, 0.15) is 0 Å². The Kier molecular flexibility index (Phi) is 5.28. The van der Waals surface area contributed by atoms with Crippen LogP contribution in [0.5, 0.6) is 0 Å². The summed E-state index contributed by atoms with van der Waals surface area (Å²) in [5, 5.41) is 6.08. The van der Waals surface area contributed by atoms with Crippen LogP contribution < -0.4 is 15.9 Å². The molecule has 0 aliphatic heterocycles. The molecule has 0 fully saturated rings. The summed E-state index contributed by atoms with van der Waals surface area (Å²) < 4.78 is 17.3. The first-order valence-electron chi connectivity index (χ1n) is 12.3. The molecular formula is C33H22NOPS. The van der Waals surface area contributed by atoms with Crippen LogP contribution in [0.15, 0.2) is 133 Å². The van der Waals surface area contributed by atoms with Crippen LogP contribution in [0.4, 0.5) is 0 Å². The van der Waals surface area contributed by atoms with Gasteiger partial charge in [0.2, 0.25) is 0 Å². The van der Waals surface area contributed by atoms with Gasteiger partial charge in [0, 0.05) is 47.0 Å². The van der Waals surface area contributed by atoms with Gasteiger partial charge < -0.3 is 4.57 Å². The first-order chi connectivity index (χ1) is 18.2. The monoisotopic (exact) mass is 511 g/mol. The summed E-state index contributed by atoms with van der Waals surface area (Å²) in [4.78, 5) is 5.14. The van der Waals surface area contributed by atoms with Gasteiger partial charge in [-0.25, -0.2) is 4.98 Å². The molecule has 0 bridgehead atoms. The van der Waals surface area contributed by atoms with Gasteiger partial charge in [-0.3, -0.25) is 0 Å². The molecule has 2 heterocycles. The molecule has 7 aromatic rings. The highest BCUT2D eigenvalue weighted by Crippen LogP contribution is 2.44. The maximum atomic E-state index is 14.8. The van der Waals surface area contributed by atoms with Crippen LogP contribution >= 0.6 is 18.5 Å². The Labute approximate surface area is 219 Å². The molecule has 0 radical (unpaired) electrons. The van der Waals surface area contributed by atoms with Crippen molar-refractivity contribution in [3.05, 3.63) is 133 Å². The normalized spacial score (nSPS) is 11.9. The predicted octanol–water partition coefficient (Wildman–Crippen LogP) is 7.91. The van der Waals surface area contributed by atoms with Crippen molar-refractivity contribution < 1.29 is 4.57 Å². The van der Waals surface area contributed by atoms with Crippen molar-refractivity contribution in [1.82, 2.24) is 4.98 Å². The van der Waals surface area contributed by atoms with Crippen molar-refractivity contribution in [2.24, 2.45) is 0 Å². The Bertz CT molecular complexity index is 1900. The van der Waals surface area contributed by atoms with Crippen LogP contribution in [0.3, 0.4) is 0 Å². The smallest absolute Gasteiger partial charge is 0.171 e. The molecule has 0 saturated carbocycles. The molecule has 0 atom stereocenters. The van der Waals surface area contributed by atoms with Crippen LogP contribution in [0.25, 0.3) is 42.3 Å². The second-order valence-electron chi connectivity index (χ2n) is 9.11. The van der Waals surface area contributed by atoms with E-state index in [0.29, 0.717) is 0 Å². The molecule has 0 unspecified atom stereocenters. The number of fused-ring (bicyclic) bond motifs is 5. The van der Waals surface area contributed by atoms with E-state index in [-0.39, 0.29) is 0 Å². The Morgan fingerprint density at radius 3 is 1.76 bits per heavy atom. The Morgan fingerprint density at radius 1 is 0.541 bits per heavy atom. The number of nitrogens with zero attached hydrogens (tertiary/aromatic N) is 1. The van der Waals surface area contributed by atoms with Gasteiger partial charge in [-0.2, -0.15) is 0 Å². The third-order valence-electron chi connectivity index (χ3n) is 6.96. The first-order valence-corrected chi connectivity index (χ1v) is 14.8. The van der Waals surface area contributed by atoms with E-state index in [0.717, 1.165) is 32.7 Å². The highest BCUT2D eigenvalue weighted by molar-refractivity contribution is 7.85. The number of benzene rings is 5. The fraction of sp³-hybridized carbons (Fsp3) is 0. The van der Waals surface area contributed by atoms with Gasteiger partial charge in [-0.15, -0.1) is 11.3 Å². The summed E-state index contributed by atoms with van der Waals surface area (Å²) in [7, 11) is -3.02. The zero-order valence-electron chi connectivity index (χ0n) is 19.9. The van der Waals surface area contributed by atoms with E-state index < -0.39 is 7.14 Å². The van der Waals surface area contributed by atoms with Crippen molar-refractivity contribution >= 4 is 65.5 Å². The summed E-state index contributed by atoms with van der Waals surface area (Å²) in [6.45, 7) is 0. The van der Waals surface area contributed by atoms with E-state index in [1.165, 1.54) is 25.6 Å². The first kappa shape index (κ1) is 22.2. The number of hydrogen-bond acceptors (Lipinski definition) is 3. The lowest BCUT2D eigenvalue weighted by molar-refractivity contribution is 0.592. The zero-order chi connectivity index (χ0) is 24.8. The lowest BCUT2D eigenvalue weighted by Crippen LogP contribution is -2.24. The molecular weight excluding hydrogens is 489 g/mol. The van der Waals surface area contributed by atoms with Crippen LogP contribution in [0.1, 0.15) is 0 Å². The van der Waals surface area contributed by atoms with Crippen molar-refractivity contribution in [1.29, 1.82) is 0 Å². The van der Waals surface area contributed by atoms with Crippen molar-refractivity contribution in [2.75, 3.05) is 0 Å². The van der Waals surface area contributed by atoms with E-state index >= 15 is 0 Å². The molecule has 0 spiro atoms. The lowest BCUT2D eigenvalue weighted by atomic mass is 10.0. The highest BCUT2D eigenvalue weighted by Gasteiger charge is 2.29. The largest absolute Gasteiger partial charge is 0.309 e. The van der Waals surface area contributed by atoms with E-state index in [1.54, 1.807) is 0 Å². The topological polar surface area (TPSA) is 30.0 Å². The minimum Gasteiger partial charge on any atom is -0.309 e. The Balaban J connectivity index is 1.45. The highest BCUT2D eigenvalue weighted by atomic mass is 32.1. The summed E-state index contributed by atoms with van der Waals surface area (Å²) >= 11 is 1.82. The molecule has 7 rings (SSSR count). The molecule has 0 saturated heterocycles. The number of hydrogen-bond donors (Lipinski definition) is 0. The summed E-state index contributed by atoms with van der Waals surface area (Å²) in [5.41, 5.74) is 2.97. The number of rotatable bonds is 4. The summed E-state index contributed by atoms with van der Waals surface area (Å²) in [6.07, 6.45) is 0. The molecule has 0 amide bonds. The third-order valence-corrected chi connectivity index (χ3v) is 11.2. The van der Waals surface area contributed by atoms with Gasteiger partial charge in [-0.05, 0) is 12.1 Å². The van der Waals surface area contributed by atoms with Crippen LogP contribution in [-0.4, -0.2) is 4.98 Å². The Hall–Kier alpha value is -4.04. The van der Waals surface area contributed by atoms with Crippen LogP contribution in [0.2, 0.25) is 0 Å². The second kappa shape index (κ2) is 8.81. The summed E-state index contributed by atoms with van der Waals surface area (Å²) in [5.74, 6) is 0. The fourth-order valence-corrected chi connectivity index (χ4v) is 9.06. The second-order valence-corrected chi connectivity index (χ2v) is 12.9. The van der Waals surface area contributed by atoms with Crippen molar-refractivity contribution in [2.45, 2.75) is 0 Å². The van der Waals surface area contributed by atoms with Crippen molar-refractivity contribution in [3.63, 3.8) is 0 Å². The average Bonchev–Trinajstić information content (AvgIpc) is 3.37. The molecule has 4 heteroatoms. The number of pyridine rings is 1. The zero-order valence-corrected chi connectivity index (χ0v) is 21.6. The molecule has 2 nitrogen and oxygen atoms in total. The van der Waals surface area contributed by atoms with E-state index in [9.17, 15) is 4.57 Å². The molecule has 0 aliphatic carbocycles. The molecule has 0 N–H and O–H groups in total. The van der Waals surface area contributed by atoms with Gasteiger partial charge in [0.15, 0.2) is 7.14 Å². The van der Waals surface area contributed by atoms with Gasteiger partial charge >= 0.3 is 0 Å². The Morgan fingerprint density at radius 2 is 1.08 bits per heavy atom. The number of thiophene rings is 1. The van der Waals surface area contributed by atoms with E-state index in [4.69, 9.17) is 4.98 Å². The molecule has 5 aromatic carbocycles. The molecule has 176 valence electrons. The fourth-order valence-electron chi connectivity index (χ4n) is 5.17. The van der Waals surface area contributed by atoms with E-state index in [1.807, 2.05) is 90.2 Å². The standard InChI is InChI=1S/C33H22NOPS/c35-36(24-11-3-1-4-12-24,25-13-5-2-6-14-25)26-21-19-23(20-22-26)32-31-28-16-8-10-18-30(28)37-33(31)27-15-7-9-17-29(27)34-32/h1-22H. The van der Waals surface area contributed by atoms with Gasteiger partial charge in [0.05, 0.1) is 11.2 Å². The maximum Gasteiger partial charge on any atom is 0.171 e. The average molecular weight is 512 g/mol. The lowest BCUT2D eigenvalue weighted by Gasteiger charge is -2.20. The van der Waals surface area contributed by atoms with Gasteiger partial charge in [0.25, 0.3) is 0 Å². The minimum absolute atomic E-state index is 0.820. The predicted molar refractivity (Wildman–Crippen MR) is 159 cm³/mol. The van der Waals surface area contributed by atoms with Crippen LogP contribution in [-0.2, 0) is 4.57 Å². The SMILES string of the molecule is O=P(c1ccccc1)(c1ccccc1)c1ccc(-c2nc3ccccc3c3sc4ccccc4c23)cc1. The third kappa shape index (κ3) is 3.54. The van der Waals surface area contributed by atoms with Crippen molar-refractivity contribution in [3.8, 4) is 11.3 Å².